The molecule has 2 aromatic carbocycles. The van der Waals surface area contributed by atoms with Gasteiger partial charge in [-0.15, -0.1) is 0 Å². The molecule has 3 aromatic rings. The Morgan fingerprint density at radius 1 is 1.11 bits per heavy atom. The normalized spacial score (nSPS) is 10.9. The number of hydrogen-bond donors (Lipinski definition) is 2. The molecule has 0 amide bonds. The lowest BCUT2D eigenvalue weighted by Gasteiger charge is -2.08. The first-order valence-corrected chi connectivity index (χ1v) is 5.78. The number of para-hydroxylation sites is 1. The molecule has 0 spiro atoms. The molecule has 18 heavy (non-hydrogen) atoms. The molecule has 3 N–H and O–H groups in total. The van der Waals surface area contributed by atoms with Crippen molar-refractivity contribution in [3.8, 4) is 16.9 Å². The first kappa shape index (κ1) is 10.9. The van der Waals surface area contributed by atoms with E-state index in [1.54, 1.807) is 6.26 Å². The molecule has 0 fully saturated rings. The molecule has 0 aliphatic heterocycles. The third kappa shape index (κ3) is 1.65. The second-order valence-corrected chi connectivity index (χ2v) is 4.19. The van der Waals surface area contributed by atoms with Crippen LogP contribution in [-0.2, 0) is 6.54 Å². The van der Waals surface area contributed by atoms with Crippen LogP contribution < -0.4 is 5.73 Å². The monoisotopic (exact) mass is 239 g/mol. The second kappa shape index (κ2) is 4.20. The lowest BCUT2D eigenvalue weighted by molar-refractivity contribution is 0.470. The molecule has 0 unspecified atom stereocenters. The molecule has 0 saturated heterocycles. The van der Waals surface area contributed by atoms with Crippen molar-refractivity contribution in [1.82, 2.24) is 0 Å². The average Bonchev–Trinajstić information content (AvgIpc) is 2.86. The van der Waals surface area contributed by atoms with Crippen molar-refractivity contribution in [2.75, 3.05) is 0 Å². The fraction of sp³-hybridized carbons (Fsp3) is 0.0667. The van der Waals surface area contributed by atoms with E-state index >= 15 is 0 Å². The highest BCUT2D eigenvalue weighted by Gasteiger charge is 2.09. The van der Waals surface area contributed by atoms with Gasteiger partial charge in [-0.2, -0.15) is 0 Å². The van der Waals surface area contributed by atoms with Gasteiger partial charge in [0.2, 0.25) is 0 Å². The smallest absolute Gasteiger partial charge is 0.133 e. The van der Waals surface area contributed by atoms with Crippen LogP contribution in [0.3, 0.4) is 0 Å². The van der Waals surface area contributed by atoms with Gasteiger partial charge in [0.1, 0.15) is 11.3 Å². The molecule has 0 radical (unpaired) electrons. The van der Waals surface area contributed by atoms with Crippen LogP contribution in [0, 0.1) is 0 Å². The van der Waals surface area contributed by atoms with E-state index < -0.39 is 0 Å². The molecule has 0 atom stereocenters. The first-order valence-electron chi connectivity index (χ1n) is 5.78. The van der Waals surface area contributed by atoms with Gasteiger partial charge in [0.05, 0.1) is 6.26 Å². The van der Waals surface area contributed by atoms with Crippen molar-refractivity contribution in [2.45, 2.75) is 6.54 Å². The van der Waals surface area contributed by atoms with Crippen molar-refractivity contribution in [1.29, 1.82) is 0 Å². The van der Waals surface area contributed by atoms with E-state index in [1.807, 2.05) is 42.5 Å². The predicted octanol–water partition coefficient (Wildman–Crippen LogP) is 3.26. The maximum atomic E-state index is 10.2. The maximum absolute atomic E-state index is 10.2. The van der Waals surface area contributed by atoms with Crippen molar-refractivity contribution < 1.29 is 9.52 Å². The van der Waals surface area contributed by atoms with E-state index in [1.165, 1.54) is 0 Å². The topological polar surface area (TPSA) is 59.4 Å². The molecule has 1 aromatic heterocycles. The van der Waals surface area contributed by atoms with Gasteiger partial charge in [0.25, 0.3) is 0 Å². The zero-order chi connectivity index (χ0) is 12.5. The van der Waals surface area contributed by atoms with E-state index in [0.717, 1.165) is 27.7 Å². The van der Waals surface area contributed by atoms with Gasteiger partial charge in [-0.1, -0.05) is 24.3 Å². The Labute approximate surface area is 104 Å². The Bertz CT molecular complexity index is 701. The fourth-order valence-corrected chi connectivity index (χ4v) is 2.12. The molecule has 0 aliphatic rings. The summed E-state index contributed by atoms with van der Waals surface area (Å²) >= 11 is 0. The zero-order valence-electron chi connectivity index (χ0n) is 9.76. The van der Waals surface area contributed by atoms with Crippen molar-refractivity contribution >= 4 is 11.0 Å². The van der Waals surface area contributed by atoms with E-state index in [-0.39, 0.29) is 5.75 Å². The summed E-state index contributed by atoms with van der Waals surface area (Å²) in [5, 5.41) is 11.2. The van der Waals surface area contributed by atoms with Crippen molar-refractivity contribution in [3.63, 3.8) is 0 Å². The largest absolute Gasteiger partial charge is 0.507 e. The van der Waals surface area contributed by atoms with E-state index in [0.29, 0.717) is 6.54 Å². The van der Waals surface area contributed by atoms with Gasteiger partial charge in [0.15, 0.2) is 0 Å². The molecule has 90 valence electrons. The maximum Gasteiger partial charge on any atom is 0.133 e. The Hall–Kier alpha value is -2.26. The van der Waals surface area contributed by atoms with Crippen molar-refractivity contribution in [3.05, 3.63) is 54.3 Å². The summed E-state index contributed by atoms with van der Waals surface area (Å²) < 4.78 is 5.30. The quantitative estimate of drug-likeness (QED) is 0.721. The highest BCUT2D eigenvalue weighted by atomic mass is 16.3. The molecule has 3 rings (SSSR count). The highest BCUT2D eigenvalue weighted by molar-refractivity contribution is 5.85. The Morgan fingerprint density at radius 2 is 2.00 bits per heavy atom. The van der Waals surface area contributed by atoms with E-state index in [2.05, 4.69) is 0 Å². The van der Waals surface area contributed by atoms with Gasteiger partial charge in [0, 0.05) is 23.1 Å². The number of phenols is 1. The van der Waals surface area contributed by atoms with Crippen molar-refractivity contribution in [2.24, 2.45) is 5.73 Å². The number of phenolic OH excluding ortho intramolecular Hbond substituents is 1. The lowest BCUT2D eigenvalue weighted by atomic mass is 10.0. The van der Waals surface area contributed by atoms with Gasteiger partial charge < -0.3 is 15.3 Å². The summed E-state index contributed by atoms with van der Waals surface area (Å²) in [5.74, 6) is 0.253. The predicted molar refractivity (Wildman–Crippen MR) is 71.2 cm³/mol. The summed E-state index contributed by atoms with van der Waals surface area (Å²) in [5.41, 5.74) is 8.94. The molecule has 0 aliphatic carbocycles. The minimum absolute atomic E-state index is 0.253. The SMILES string of the molecule is NCc1cccc(-c2ccc3occc3c2)c1O. The molecule has 3 heteroatoms. The average molecular weight is 239 g/mol. The molecule has 0 saturated carbocycles. The van der Waals surface area contributed by atoms with Crippen LogP contribution in [0.4, 0.5) is 0 Å². The van der Waals surface area contributed by atoms with Crippen LogP contribution in [0.2, 0.25) is 0 Å². The third-order valence-electron chi connectivity index (χ3n) is 3.10. The Kier molecular flexibility index (Phi) is 2.54. The highest BCUT2D eigenvalue weighted by Crippen LogP contribution is 2.33. The fourth-order valence-electron chi connectivity index (χ4n) is 2.12. The van der Waals surface area contributed by atoms with Gasteiger partial charge in [-0.05, 0) is 23.8 Å². The van der Waals surface area contributed by atoms with Crippen LogP contribution >= 0.6 is 0 Å². The number of furan rings is 1. The Balaban J connectivity index is 2.19. The second-order valence-electron chi connectivity index (χ2n) is 4.19. The van der Waals surface area contributed by atoms with Crippen LogP contribution in [0.1, 0.15) is 5.56 Å². The van der Waals surface area contributed by atoms with E-state index in [9.17, 15) is 5.11 Å². The summed E-state index contributed by atoms with van der Waals surface area (Å²) in [6.45, 7) is 0.327. The first-order chi connectivity index (χ1) is 8.79. The summed E-state index contributed by atoms with van der Waals surface area (Å²) in [4.78, 5) is 0. The zero-order valence-corrected chi connectivity index (χ0v) is 9.76. The molecule has 1 heterocycles. The minimum atomic E-state index is 0.253. The van der Waals surface area contributed by atoms with Crippen LogP contribution in [0.5, 0.6) is 5.75 Å². The van der Waals surface area contributed by atoms with Crippen LogP contribution in [0.25, 0.3) is 22.1 Å². The van der Waals surface area contributed by atoms with Gasteiger partial charge in [-0.3, -0.25) is 0 Å². The molecular weight excluding hydrogens is 226 g/mol. The van der Waals surface area contributed by atoms with E-state index in [4.69, 9.17) is 10.2 Å². The molecule has 0 bridgehead atoms. The van der Waals surface area contributed by atoms with Crippen LogP contribution in [-0.4, -0.2) is 5.11 Å². The number of aromatic hydroxyl groups is 1. The minimum Gasteiger partial charge on any atom is -0.507 e. The summed E-state index contributed by atoms with van der Waals surface area (Å²) in [7, 11) is 0. The standard InChI is InChI=1S/C15H13NO2/c16-9-12-2-1-3-13(15(12)17)10-4-5-14-11(8-10)6-7-18-14/h1-8,17H,9,16H2. The summed E-state index contributed by atoms with van der Waals surface area (Å²) in [6, 6.07) is 13.3. The Morgan fingerprint density at radius 3 is 2.83 bits per heavy atom. The summed E-state index contributed by atoms with van der Waals surface area (Å²) in [6.07, 6.45) is 1.66. The van der Waals surface area contributed by atoms with Gasteiger partial charge >= 0.3 is 0 Å². The number of rotatable bonds is 2. The number of hydrogen-bond acceptors (Lipinski definition) is 3. The third-order valence-corrected chi connectivity index (χ3v) is 3.10. The van der Waals surface area contributed by atoms with Gasteiger partial charge in [-0.25, -0.2) is 0 Å². The molecule has 3 nitrogen and oxygen atoms in total. The van der Waals surface area contributed by atoms with Crippen LogP contribution in [0.15, 0.2) is 53.1 Å². The molecular formula is C15H13NO2. The number of nitrogens with two attached hydrogens (primary N) is 1. The lowest BCUT2D eigenvalue weighted by Crippen LogP contribution is -1.97. The number of fused-ring (bicyclic) bond motifs is 1. The number of benzene rings is 2.